The molecule has 4 aromatic rings. The lowest BCUT2D eigenvalue weighted by molar-refractivity contribution is 0.528. The van der Waals surface area contributed by atoms with E-state index in [-0.39, 0.29) is 0 Å². The van der Waals surface area contributed by atoms with Crippen molar-refractivity contribution in [2.24, 2.45) is 0 Å². The molecule has 9 heteroatoms. The summed E-state index contributed by atoms with van der Waals surface area (Å²) in [7, 11) is 0. The lowest BCUT2D eigenvalue weighted by atomic mass is 10.2. The summed E-state index contributed by atoms with van der Waals surface area (Å²) < 4.78 is 7.59. The van der Waals surface area contributed by atoms with Gasteiger partial charge in [0.2, 0.25) is 11.8 Å². The predicted octanol–water partition coefficient (Wildman–Crippen LogP) is 5.22. The van der Waals surface area contributed by atoms with Crippen LogP contribution >= 0.6 is 35.0 Å². The summed E-state index contributed by atoms with van der Waals surface area (Å²) in [6.07, 6.45) is 1.65. The van der Waals surface area contributed by atoms with E-state index in [9.17, 15) is 0 Å². The molecule has 6 nitrogen and oxygen atoms in total. The Bertz CT molecular complexity index is 1080. The lowest BCUT2D eigenvalue weighted by Gasteiger charge is -2.07. The number of nitrogens with zero attached hydrogens (tertiary/aromatic N) is 5. The van der Waals surface area contributed by atoms with E-state index in [0.717, 1.165) is 16.8 Å². The second kappa shape index (κ2) is 7.72. The monoisotopic (exact) mass is 417 g/mol. The van der Waals surface area contributed by atoms with Crippen molar-refractivity contribution in [2.75, 3.05) is 0 Å². The molecule has 0 fully saturated rings. The highest BCUT2D eigenvalue weighted by Gasteiger charge is 2.13. The maximum absolute atomic E-state index is 6.22. The second-order valence-electron chi connectivity index (χ2n) is 5.71. The maximum atomic E-state index is 6.22. The van der Waals surface area contributed by atoms with Gasteiger partial charge in [-0.3, -0.25) is 4.57 Å². The third-order valence-corrected chi connectivity index (χ3v) is 5.42. The molecule has 2 aromatic carbocycles. The minimum Gasteiger partial charge on any atom is -0.420 e. The van der Waals surface area contributed by atoms with Crippen molar-refractivity contribution < 1.29 is 4.42 Å². The summed E-state index contributed by atoms with van der Waals surface area (Å²) in [4.78, 5) is 0. The molecule has 0 saturated heterocycles. The fourth-order valence-electron chi connectivity index (χ4n) is 2.38. The number of halogens is 2. The van der Waals surface area contributed by atoms with Crippen LogP contribution in [0.5, 0.6) is 0 Å². The van der Waals surface area contributed by atoms with Crippen molar-refractivity contribution >= 4 is 35.0 Å². The molecule has 0 amide bonds. The van der Waals surface area contributed by atoms with E-state index in [0.29, 0.717) is 32.7 Å². The number of hydrogen-bond acceptors (Lipinski definition) is 6. The highest BCUT2D eigenvalue weighted by molar-refractivity contribution is 7.98. The normalized spacial score (nSPS) is 11.1. The number of benzene rings is 2. The van der Waals surface area contributed by atoms with Gasteiger partial charge in [-0.2, -0.15) is 0 Å². The first kappa shape index (κ1) is 18.0. The van der Waals surface area contributed by atoms with Crippen molar-refractivity contribution in [1.29, 1.82) is 0 Å². The van der Waals surface area contributed by atoms with Gasteiger partial charge in [-0.15, -0.1) is 20.4 Å². The minimum atomic E-state index is 0.453. The van der Waals surface area contributed by atoms with Gasteiger partial charge in [-0.1, -0.05) is 41.0 Å². The van der Waals surface area contributed by atoms with E-state index in [1.165, 1.54) is 11.8 Å². The Morgan fingerprint density at radius 2 is 1.85 bits per heavy atom. The van der Waals surface area contributed by atoms with E-state index >= 15 is 0 Å². The fourth-order valence-corrected chi connectivity index (χ4v) is 3.45. The average molecular weight is 418 g/mol. The van der Waals surface area contributed by atoms with Crippen LogP contribution in [0.4, 0.5) is 0 Å². The Morgan fingerprint density at radius 1 is 1.04 bits per heavy atom. The Balaban J connectivity index is 1.49. The Hall–Kier alpha value is -2.35. The molecule has 0 spiro atoms. The smallest absolute Gasteiger partial charge is 0.247 e. The van der Waals surface area contributed by atoms with Crippen molar-refractivity contribution in [3.05, 3.63) is 70.3 Å². The zero-order chi connectivity index (χ0) is 18.8. The molecule has 0 aliphatic rings. The van der Waals surface area contributed by atoms with Crippen LogP contribution in [0.3, 0.4) is 0 Å². The fraction of sp³-hybridized carbons (Fsp3) is 0.111. The SMILES string of the molecule is Cc1ccc(-n2cnnc2SCc2nnc(-c3ccc(Cl)cc3)o2)cc1Cl. The molecule has 0 unspecified atom stereocenters. The topological polar surface area (TPSA) is 69.6 Å². The zero-order valence-electron chi connectivity index (χ0n) is 14.1. The molecular formula is C18H13Cl2N5OS. The Morgan fingerprint density at radius 3 is 2.63 bits per heavy atom. The van der Waals surface area contributed by atoms with E-state index in [1.807, 2.05) is 41.8 Å². The van der Waals surface area contributed by atoms with Crippen LogP contribution in [0.15, 0.2) is 58.4 Å². The Kier molecular flexibility index (Phi) is 5.15. The third kappa shape index (κ3) is 4.00. The average Bonchev–Trinajstić information content (AvgIpc) is 3.32. The van der Waals surface area contributed by atoms with Crippen LogP contribution in [0, 0.1) is 6.92 Å². The summed E-state index contributed by atoms with van der Waals surface area (Å²) in [6, 6.07) is 13.1. The highest BCUT2D eigenvalue weighted by atomic mass is 35.5. The molecule has 0 radical (unpaired) electrons. The van der Waals surface area contributed by atoms with E-state index in [1.54, 1.807) is 18.5 Å². The number of hydrogen-bond donors (Lipinski definition) is 0. The number of aromatic nitrogens is 5. The number of rotatable bonds is 5. The number of aryl methyl sites for hydroxylation is 1. The van der Waals surface area contributed by atoms with Crippen LogP contribution in [0.2, 0.25) is 10.0 Å². The van der Waals surface area contributed by atoms with Crippen LogP contribution in [0.1, 0.15) is 11.5 Å². The molecule has 0 saturated carbocycles. The molecule has 4 rings (SSSR count). The van der Waals surface area contributed by atoms with Gasteiger partial charge in [0, 0.05) is 15.6 Å². The van der Waals surface area contributed by atoms with Gasteiger partial charge in [0.1, 0.15) is 6.33 Å². The summed E-state index contributed by atoms with van der Waals surface area (Å²) in [5, 5.41) is 18.4. The third-order valence-electron chi connectivity index (χ3n) is 3.83. The van der Waals surface area contributed by atoms with Crippen molar-refractivity contribution in [3.63, 3.8) is 0 Å². The van der Waals surface area contributed by atoms with Gasteiger partial charge in [0.25, 0.3) is 0 Å². The first-order valence-electron chi connectivity index (χ1n) is 7.98. The van der Waals surface area contributed by atoms with Crippen LogP contribution in [-0.2, 0) is 5.75 Å². The van der Waals surface area contributed by atoms with Gasteiger partial charge >= 0.3 is 0 Å². The van der Waals surface area contributed by atoms with Gasteiger partial charge in [-0.25, -0.2) is 0 Å². The standard InChI is InChI=1S/C18H13Cl2N5OS/c1-11-2-7-14(8-15(11)20)25-10-21-24-18(25)27-9-16-22-23-17(26-16)12-3-5-13(19)6-4-12/h2-8,10H,9H2,1H3. The molecule has 0 N–H and O–H groups in total. The minimum absolute atomic E-state index is 0.453. The van der Waals surface area contributed by atoms with Crippen molar-refractivity contribution in [1.82, 2.24) is 25.0 Å². The largest absolute Gasteiger partial charge is 0.420 e. The van der Waals surface area contributed by atoms with E-state index in [4.69, 9.17) is 27.6 Å². The zero-order valence-corrected chi connectivity index (χ0v) is 16.5. The predicted molar refractivity (Wildman–Crippen MR) is 105 cm³/mol. The molecule has 0 bridgehead atoms. The van der Waals surface area contributed by atoms with Gasteiger partial charge in [0.05, 0.1) is 11.4 Å². The summed E-state index contributed by atoms with van der Waals surface area (Å²) in [5.74, 6) is 1.43. The summed E-state index contributed by atoms with van der Waals surface area (Å²) >= 11 is 13.6. The number of thioether (sulfide) groups is 1. The Labute approximate surface area is 169 Å². The highest BCUT2D eigenvalue weighted by Crippen LogP contribution is 2.27. The lowest BCUT2D eigenvalue weighted by Crippen LogP contribution is -1.96. The molecule has 136 valence electrons. The first-order chi connectivity index (χ1) is 13.1. The summed E-state index contributed by atoms with van der Waals surface area (Å²) in [5.41, 5.74) is 2.73. The van der Waals surface area contributed by atoms with Crippen molar-refractivity contribution in [2.45, 2.75) is 17.8 Å². The van der Waals surface area contributed by atoms with Crippen LogP contribution < -0.4 is 0 Å². The molecule has 2 heterocycles. The van der Waals surface area contributed by atoms with Crippen molar-refractivity contribution in [3.8, 4) is 17.1 Å². The molecule has 2 aromatic heterocycles. The molecule has 0 atom stereocenters. The maximum Gasteiger partial charge on any atom is 0.247 e. The van der Waals surface area contributed by atoms with Gasteiger partial charge < -0.3 is 4.42 Å². The first-order valence-corrected chi connectivity index (χ1v) is 9.72. The van der Waals surface area contributed by atoms with E-state index < -0.39 is 0 Å². The van der Waals surface area contributed by atoms with Gasteiger partial charge in [0.15, 0.2) is 5.16 Å². The molecule has 0 aliphatic heterocycles. The summed E-state index contributed by atoms with van der Waals surface area (Å²) in [6.45, 7) is 1.96. The molecule has 0 aliphatic carbocycles. The molecular weight excluding hydrogens is 405 g/mol. The van der Waals surface area contributed by atoms with Crippen LogP contribution in [0.25, 0.3) is 17.1 Å². The van der Waals surface area contributed by atoms with Crippen LogP contribution in [-0.4, -0.2) is 25.0 Å². The van der Waals surface area contributed by atoms with E-state index in [2.05, 4.69) is 20.4 Å². The quantitative estimate of drug-likeness (QED) is 0.414. The second-order valence-corrected chi connectivity index (χ2v) is 7.50. The molecule has 27 heavy (non-hydrogen) atoms. The van der Waals surface area contributed by atoms with Gasteiger partial charge in [-0.05, 0) is 48.9 Å².